The maximum atomic E-state index is 8.74. The fourth-order valence-electron chi connectivity index (χ4n) is 2.65. The standard InChI is InChI=1S/C15H31N3OSi.C9H17N3O/c1-14(2,3)12-11-13(16)18(17-12)9-10-19-20(7,8)15(4,5)6;1-9(2,3)7-6-8(10)12(11-7)4-5-13/h11H,9-10,16H2,1-8H3;6,13H,4-5,10H2,1-3H3. The molecule has 0 amide bonds. The number of rotatable bonds is 6. The van der Waals surface area contributed by atoms with Crippen LogP contribution < -0.4 is 11.5 Å². The zero-order chi connectivity index (χ0) is 25.8. The molecule has 2 rings (SSSR count). The van der Waals surface area contributed by atoms with Crippen LogP contribution in [0.15, 0.2) is 12.1 Å². The third kappa shape index (κ3) is 8.46. The van der Waals surface area contributed by atoms with Gasteiger partial charge in [0.05, 0.1) is 37.7 Å². The van der Waals surface area contributed by atoms with Gasteiger partial charge < -0.3 is 21.0 Å². The number of aromatic nitrogens is 4. The Kier molecular flexibility index (Phi) is 9.38. The molecule has 0 aliphatic heterocycles. The van der Waals surface area contributed by atoms with Crippen molar-refractivity contribution < 1.29 is 9.53 Å². The highest BCUT2D eigenvalue weighted by atomic mass is 28.4. The van der Waals surface area contributed by atoms with Crippen molar-refractivity contribution in [2.45, 2.75) is 104 Å². The second kappa shape index (κ2) is 10.6. The summed E-state index contributed by atoms with van der Waals surface area (Å²) in [5.41, 5.74) is 13.8. The minimum absolute atomic E-state index is 0.00876. The molecule has 0 saturated heterocycles. The highest BCUT2D eigenvalue weighted by Crippen LogP contribution is 2.36. The van der Waals surface area contributed by atoms with Gasteiger partial charge in [0.1, 0.15) is 11.6 Å². The molecular formula is C24H48N6O2Si. The fourth-order valence-corrected chi connectivity index (χ4v) is 3.69. The molecule has 2 heterocycles. The average Bonchev–Trinajstić information content (AvgIpc) is 3.18. The van der Waals surface area contributed by atoms with E-state index in [1.165, 1.54) is 0 Å². The molecule has 33 heavy (non-hydrogen) atoms. The highest BCUT2D eigenvalue weighted by molar-refractivity contribution is 6.74. The van der Waals surface area contributed by atoms with E-state index in [9.17, 15) is 0 Å². The predicted octanol–water partition coefficient (Wildman–Crippen LogP) is 4.54. The van der Waals surface area contributed by atoms with E-state index in [4.69, 9.17) is 21.0 Å². The lowest BCUT2D eigenvalue weighted by molar-refractivity contribution is 0.266. The molecular weight excluding hydrogens is 432 g/mol. The fraction of sp³-hybridized carbons (Fsp3) is 0.750. The van der Waals surface area contributed by atoms with Crippen molar-refractivity contribution in [3.05, 3.63) is 23.5 Å². The predicted molar refractivity (Wildman–Crippen MR) is 141 cm³/mol. The molecule has 8 nitrogen and oxygen atoms in total. The van der Waals surface area contributed by atoms with E-state index in [0.717, 1.165) is 11.4 Å². The van der Waals surface area contributed by atoms with Crippen LogP contribution in [0.5, 0.6) is 0 Å². The Labute approximate surface area is 201 Å². The highest BCUT2D eigenvalue weighted by Gasteiger charge is 2.37. The molecule has 2 aromatic heterocycles. The van der Waals surface area contributed by atoms with Crippen molar-refractivity contribution in [1.82, 2.24) is 19.6 Å². The first-order chi connectivity index (χ1) is 14.8. The number of aliphatic hydroxyl groups is 1. The normalized spacial score (nSPS) is 13.1. The van der Waals surface area contributed by atoms with Gasteiger partial charge in [-0.1, -0.05) is 62.3 Å². The maximum Gasteiger partial charge on any atom is 0.192 e. The molecule has 0 fully saturated rings. The summed E-state index contributed by atoms with van der Waals surface area (Å²) in [7, 11) is -1.69. The second-order valence-electron chi connectivity index (χ2n) is 12.2. The molecule has 2 aromatic rings. The third-order valence-corrected chi connectivity index (χ3v) is 10.6. The molecule has 5 N–H and O–H groups in total. The summed E-state index contributed by atoms with van der Waals surface area (Å²) in [6, 6.07) is 3.82. The molecule has 0 bridgehead atoms. The van der Waals surface area contributed by atoms with E-state index < -0.39 is 8.32 Å². The first kappa shape index (κ1) is 29.2. The molecule has 0 aromatic carbocycles. The van der Waals surface area contributed by atoms with E-state index in [1.807, 2.05) is 16.8 Å². The monoisotopic (exact) mass is 480 g/mol. The average molecular weight is 481 g/mol. The van der Waals surface area contributed by atoms with Gasteiger partial charge in [0, 0.05) is 23.0 Å². The van der Waals surface area contributed by atoms with E-state index in [1.54, 1.807) is 4.68 Å². The Morgan fingerprint density at radius 2 is 1.21 bits per heavy atom. The van der Waals surface area contributed by atoms with Crippen molar-refractivity contribution in [2.24, 2.45) is 0 Å². The molecule has 0 radical (unpaired) electrons. The second-order valence-corrected chi connectivity index (χ2v) is 17.0. The first-order valence-electron chi connectivity index (χ1n) is 11.7. The van der Waals surface area contributed by atoms with Gasteiger partial charge in [0.2, 0.25) is 0 Å². The van der Waals surface area contributed by atoms with Gasteiger partial charge in [-0.25, -0.2) is 9.36 Å². The first-order valence-corrected chi connectivity index (χ1v) is 14.6. The summed E-state index contributed by atoms with van der Waals surface area (Å²) < 4.78 is 9.65. The third-order valence-electron chi connectivity index (χ3n) is 6.04. The van der Waals surface area contributed by atoms with Crippen LogP contribution in [0.2, 0.25) is 18.1 Å². The van der Waals surface area contributed by atoms with Gasteiger partial charge in [-0.15, -0.1) is 0 Å². The topological polar surface area (TPSA) is 117 Å². The summed E-state index contributed by atoms with van der Waals surface area (Å²) in [4.78, 5) is 0. The smallest absolute Gasteiger partial charge is 0.192 e. The van der Waals surface area contributed by atoms with Crippen molar-refractivity contribution >= 4 is 20.0 Å². The van der Waals surface area contributed by atoms with E-state index in [0.29, 0.717) is 31.3 Å². The Morgan fingerprint density at radius 3 is 1.52 bits per heavy atom. The van der Waals surface area contributed by atoms with Crippen molar-refractivity contribution in [1.29, 1.82) is 0 Å². The number of nitrogens with two attached hydrogens (primary N) is 2. The van der Waals surface area contributed by atoms with Crippen LogP contribution in [0.1, 0.15) is 73.7 Å². The van der Waals surface area contributed by atoms with Crippen molar-refractivity contribution in [3.8, 4) is 0 Å². The number of anilines is 2. The minimum Gasteiger partial charge on any atom is -0.415 e. The van der Waals surface area contributed by atoms with Gasteiger partial charge >= 0.3 is 0 Å². The van der Waals surface area contributed by atoms with Gasteiger partial charge in [0.15, 0.2) is 8.32 Å². The molecule has 0 saturated carbocycles. The van der Waals surface area contributed by atoms with Crippen LogP contribution in [0.25, 0.3) is 0 Å². The van der Waals surface area contributed by atoms with Gasteiger partial charge in [-0.3, -0.25) is 0 Å². The van der Waals surface area contributed by atoms with E-state index >= 15 is 0 Å². The number of nitrogens with zero attached hydrogens (tertiary/aromatic N) is 4. The van der Waals surface area contributed by atoms with Crippen molar-refractivity contribution in [3.63, 3.8) is 0 Å². The quantitative estimate of drug-likeness (QED) is 0.523. The summed E-state index contributed by atoms with van der Waals surface area (Å²) in [6.07, 6.45) is 0. The van der Waals surface area contributed by atoms with Crippen LogP contribution in [-0.4, -0.2) is 46.2 Å². The number of hydrogen-bond acceptors (Lipinski definition) is 6. The molecule has 190 valence electrons. The largest absolute Gasteiger partial charge is 0.415 e. The number of aliphatic hydroxyl groups excluding tert-OH is 1. The Bertz CT molecular complexity index is 882. The Morgan fingerprint density at radius 1 is 0.818 bits per heavy atom. The minimum atomic E-state index is -1.69. The van der Waals surface area contributed by atoms with Crippen molar-refractivity contribution in [2.75, 3.05) is 24.7 Å². The van der Waals surface area contributed by atoms with E-state index in [-0.39, 0.29) is 22.5 Å². The van der Waals surface area contributed by atoms with Gasteiger partial charge in [-0.2, -0.15) is 10.2 Å². The van der Waals surface area contributed by atoms with Crippen LogP contribution in [0.4, 0.5) is 11.6 Å². The summed E-state index contributed by atoms with van der Waals surface area (Å²) >= 11 is 0. The molecule has 0 aliphatic rings. The Balaban J connectivity index is 0.000000361. The lowest BCUT2D eigenvalue weighted by Crippen LogP contribution is -2.41. The number of hydrogen-bond donors (Lipinski definition) is 3. The van der Waals surface area contributed by atoms with Crippen LogP contribution >= 0.6 is 0 Å². The lowest BCUT2D eigenvalue weighted by atomic mass is 9.92. The zero-order valence-corrected chi connectivity index (χ0v) is 23.8. The van der Waals surface area contributed by atoms with E-state index in [2.05, 4.69) is 85.6 Å². The van der Waals surface area contributed by atoms with Crippen LogP contribution in [0.3, 0.4) is 0 Å². The number of nitrogen functional groups attached to an aromatic ring is 2. The summed E-state index contributed by atoms with van der Waals surface area (Å²) in [5, 5.41) is 17.9. The molecule has 9 heteroatoms. The lowest BCUT2D eigenvalue weighted by Gasteiger charge is -2.36. The SMILES string of the molecule is CC(C)(C)c1cc(N)n(CCO)n1.CC(C)(C)c1cc(N)n(CCO[Si](C)(C)C(C)(C)C)n1. The zero-order valence-electron chi connectivity index (χ0n) is 22.8. The van der Waals surface area contributed by atoms with Gasteiger partial charge in [-0.05, 0) is 18.1 Å². The van der Waals surface area contributed by atoms with Gasteiger partial charge in [0.25, 0.3) is 0 Å². The molecule has 0 spiro atoms. The summed E-state index contributed by atoms with van der Waals surface area (Å²) in [5.74, 6) is 1.33. The Hall–Kier alpha value is -1.84. The molecule has 0 aliphatic carbocycles. The maximum absolute atomic E-state index is 8.74. The van der Waals surface area contributed by atoms with Crippen LogP contribution in [0, 0.1) is 0 Å². The summed E-state index contributed by atoms with van der Waals surface area (Å²) in [6.45, 7) is 25.9. The molecule has 0 atom stereocenters. The van der Waals surface area contributed by atoms with Crippen LogP contribution in [-0.2, 0) is 28.3 Å². The molecule has 0 unspecified atom stereocenters.